The molecule has 0 aliphatic heterocycles. The molecule has 7 nitrogen and oxygen atoms in total. The molecule has 2 aromatic rings. The van der Waals surface area contributed by atoms with Crippen molar-refractivity contribution in [2.24, 2.45) is 0 Å². The molecule has 27 heavy (non-hydrogen) atoms. The molecule has 2 rings (SSSR count). The molecular formula is C16H15F3N2O5S. The summed E-state index contributed by atoms with van der Waals surface area (Å²) in [4.78, 5) is 13.2. The van der Waals surface area contributed by atoms with E-state index in [0.717, 1.165) is 18.2 Å². The van der Waals surface area contributed by atoms with E-state index in [4.69, 9.17) is 9.47 Å². The van der Waals surface area contributed by atoms with Crippen LogP contribution in [0.15, 0.2) is 47.4 Å². The summed E-state index contributed by atoms with van der Waals surface area (Å²) in [6, 6.07) is 7.23. The third-order valence-corrected chi connectivity index (χ3v) is 4.66. The predicted molar refractivity (Wildman–Crippen MR) is 88.8 cm³/mol. The summed E-state index contributed by atoms with van der Waals surface area (Å²) in [6.07, 6.45) is -4.70. The van der Waals surface area contributed by atoms with Crippen LogP contribution in [0.1, 0.15) is 15.9 Å². The highest BCUT2D eigenvalue weighted by Gasteiger charge is 2.31. The van der Waals surface area contributed by atoms with Crippen LogP contribution in [-0.2, 0) is 16.2 Å². The molecule has 0 aliphatic carbocycles. The molecule has 1 amide bonds. The van der Waals surface area contributed by atoms with Gasteiger partial charge in [0.25, 0.3) is 15.9 Å². The minimum atomic E-state index is -4.70. The van der Waals surface area contributed by atoms with Crippen molar-refractivity contribution >= 4 is 15.9 Å². The minimum absolute atomic E-state index is 0.0411. The second-order valence-electron chi connectivity index (χ2n) is 5.15. The van der Waals surface area contributed by atoms with Crippen LogP contribution in [0.5, 0.6) is 11.5 Å². The van der Waals surface area contributed by atoms with Gasteiger partial charge in [0, 0.05) is 5.56 Å². The van der Waals surface area contributed by atoms with Gasteiger partial charge in [0.15, 0.2) is 11.5 Å². The van der Waals surface area contributed by atoms with Gasteiger partial charge in [0.2, 0.25) is 0 Å². The number of hydrogen-bond acceptors (Lipinski definition) is 5. The van der Waals surface area contributed by atoms with Gasteiger partial charge in [-0.05, 0) is 36.4 Å². The van der Waals surface area contributed by atoms with E-state index < -0.39 is 32.6 Å². The normalized spacial score (nSPS) is 11.7. The number of rotatable bonds is 6. The Kier molecular flexibility index (Phi) is 5.96. The first-order valence-corrected chi connectivity index (χ1v) is 8.78. The second kappa shape index (κ2) is 7.84. The van der Waals surface area contributed by atoms with Gasteiger partial charge in [0.1, 0.15) is 0 Å². The predicted octanol–water partition coefficient (Wildman–Crippen LogP) is 2.35. The highest BCUT2D eigenvalue weighted by atomic mass is 32.2. The maximum absolute atomic E-state index is 12.7. The van der Waals surface area contributed by atoms with Gasteiger partial charge in [-0.1, -0.05) is 6.07 Å². The molecule has 2 N–H and O–H groups in total. The molecule has 0 aliphatic rings. The Hall–Kier alpha value is -2.79. The second-order valence-corrected chi connectivity index (χ2v) is 6.84. The fourth-order valence-electron chi connectivity index (χ4n) is 2.06. The van der Waals surface area contributed by atoms with Crippen LogP contribution in [0.2, 0.25) is 0 Å². The van der Waals surface area contributed by atoms with E-state index in [1.54, 1.807) is 4.83 Å². The van der Waals surface area contributed by atoms with Gasteiger partial charge in [0.05, 0.1) is 24.7 Å². The molecular weight excluding hydrogens is 389 g/mol. The van der Waals surface area contributed by atoms with Gasteiger partial charge < -0.3 is 9.47 Å². The van der Waals surface area contributed by atoms with Crippen LogP contribution in [0, 0.1) is 0 Å². The monoisotopic (exact) mass is 404 g/mol. The number of alkyl halides is 3. The van der Waals surface area contributed by atoms with Crippen LogP contribution in [0.4, 0.5) is 13.2 Å². The molecule has 11 heteroatoms. The molecule has 0 heterocycles. The quantitative estimate of drug-likeness (QED) is 0.721. The van der Waals surface area contributed by atoms with E-state index in [0.29, 0.717) is 11.8 Å². The molecule has 0 saturated carbocycles. The summed E-state index contributed by atoms with van der Waals surface area (Å²) in [6.45, 7) is 0. The van der Waals surface area contributed by atoms with E-state index >= 15 is 0 Å². The third kappa shape index (κ3) is 4.89. The van der Waals surface area contributed by atoms with Crippen LogP contribution in [0.3, 0.4) is 0 Å². The van der Waals surface area contributed by atoms with Gasteiger partial charge in [-0.25, -0.2) is 8.42 Å². The molecule has 146 valence electrons. The average molecular weight is 404 g/mol. The summed E-state index contributed by atoms with van der Waals surface area (Å²) >= 11 is 0. The molecule has 0 bridgehead atoms. The SMILES string of the molecule is COc1ccc(C(=O)NNS(=O)(=O)c2cccc(C(F)(F)F)c2)cc1OC. The fraction of sp³-hybridized carbons (Fsp3) is 0.188. The average Bonchev–Trinajstić information content (AvgIpc) is 2.65. The lowest BCUT2D eigenvalue weighted by Gasteiger charge is -2.12. The lowest BCUT2D eigenvalue weighted by molar-refractivity contribution is -0.137. The van der Waals surface area contributed by atoms with Crippen molar-refractivity contribution in [3.05, 3.63) is 53.6 Å². The first-order valence-electron chi connectivity index (χ1n) is 7.30. The Labute approximate surface area is 153 Å². The molecule has 0 saturated heterocycles. The van der Waals surface area contributed by atoms with Gasteiger partial charge in [-0.2, -0.15) is 13.2 Å². The van der Waals surface area contributed by atoms with E-state index in [-0.39, 0.29) is 11.3 Å². The summed E-state index contributed by atoms with van der Waals surface area (Å²) < 4.78 is 72.5. The van der Waals surface area contributed by atoms with Crippen molar-refractivity contribution in [1.82, 2.24) is 10.3 Å². The van der Waals surface area contributed by atoms with E-state index in [2.05, 4.69) is 0 Å². The topological polar surface area (TPSA) is 93.7 Å². The van der Waals surface area contributed by atoms with Crippen LogP contribution >= 0.6 is 0 Å². The Balaban J connectivity index is 2.17. The highest BCUT2D eigenvalue weighted by Crippen LogP contribution is 2.30. The molecule has 0 fully saturated rings. The Morgan fingerprint density at radius 3 is 2.26 bits per heavy atom. The molecule has 2 aromatic carbocycles. The number of methoxy groups -OCH3 is 2. The number of carbonyl (C=O) groups excluding carboxylic acids is 1. The van der Waals surface area contributed by atoms with E-state index in [1.807, 2.05) is 5.43 Å². The minimum Gasteiger partial charge on any atom is -0.493 e. The zero-order valence-electron chi connectivity index (χ0n) is 14.1. The first kappa shape index (κ1) is 20.5. The maximum atomic E-state index is 12.7. The number of amides is 1. The number of hydrogen-bond donors (Lipinski definition) is 2. The number of halogens is 3. The van der Waals surface area contributed by atoms with Crippen molar-refractivity contribution in [3.63, 3.8) is 0 Å². The highest BCUT2D eigenvalue weighted by molar-refractivity contribution is 7.89. The molecule has 0 unspecified atom stereocenters. The molecule has 0 aromatic heterocycles. The van der Waals surface area contributed by atoms with Crippen molar-refractivity contribution in [2.45, 2.75) is 11.1 Å². The van der Waals surface area contributed by atoms with E-state index in [9.17, 15) is 26.4 Å². The fourth-order valence-corrected chi connectivity index (χ4v) is 2.95. The lowest BCUT2D eigenvalue weighted by Crippen LogP contribution is -2.41. The van der Waals surface area contributed by atoms with Crippen molar-refractivity contribution < 1.29 is 35.9 Å². The smallest absolute Gasteiger partial charge is 0.416 e. The Bertz CT molecular complexity index is 945. The number of carbonyl (C=O) groups is 1. The van der Waals surface area contributed by atoms with Crippen molar-refractivity contribution in [3.8, 4) is 11.5 Å². The number of hydrazine groups is 1. The standard InChI is InChI=1S/C16H15F3N2O5S/c1-25-13-7-6-10(8-14(13)26-2)15(22)20-21-27(23,24)12-5-3-4-11(9-12)16(17,18)19/h3-9,21H,1-2H3,(H,20,22). The molecule has 0 spiro atoms. The molecule has 0 radical (unpaired) electrons. The van der Waals surface area contributed by atoms with E-state index in [1.165, 1.54) is 32.4 Å². The van der Waals surface area contributed by atoms with Crippen molar-refractivity contribution in [1.29, 1.82) is 0 Å². The summed E-state index contributed by atoms with van der Waals surface area (Å²) in [5.41, 5.74) is 0.843. The Morgan fingerprint density at radius 2 is 1.67 bits per heavy atom. The van der Waals surface area contributed by atoms with Gasteiger partial charge in [-0.15, -0.1) is 4.83 Å². The first-order chi connectivity index (χ1) is 12.6. The number of benzene rings is 2. The zero-order chi connectivity index (χ0) is 20.2. The van der Waals surface area contributed by atoms with Crippen molar-refractivity contribution in [2.75, 3.05) is 14.2 Å². The summed E-state index contributed by atoms with van der Waals surface area (Å²) in [5.74, 6) is -0.240. The van der Waals surface area contributed by atoms with Gasteiger partial charge in [-0.3, -0.25) is 10.2 Å². The number of nitrogens with one attached hydrogen (secondary N) is 2. The lowest BCUT2D eigenvalue weighted by atomic mass is 10.2. The van der Waals surface area contributed by atoms with Crippen LogP contribution in [-0.4, -0.2) is 28.5 Å². The largest absolute Gasteiger partial charge is 0.493 e. The third-order valence-electron chi connectivity index (χ3n) is 3.42. The summed E-state index contributed by atoms with van der Waals surface area (Å²) in [7, 11) is -1.65. The molecule has 0 atom stereocenters. The zero-order valence-corrected chi connectivity index (χ0v) is 14.9. The van der Waals surface area contributed by atoms with Gasteiger partial charge >= 0.3 is 6.18 Å². The number of sulfonamides is 1. The Morgan fingerprint density at radius 1 is 1.00 bits per heavy atom. The number of ether oxygens (including phenoxy) is 2. The summed E-state index contributed by atoms with van der Waals surface area (Å²) in [5, 5.41) is 0. The van der Waals surface area contributed by atoms with Crippen LogP contribution in [0.25, 0.3) is 0 Å². The maximum Gasteiger partial charge on any atom is 0.416 e. The van der Waals surface area contributed by atoms with Crippen LogP contribution < -0.4 is 19.7 Å².